The van der Waals surface area contributed by atoms with Crippen molar-refractivity contribution in [1.29, 1.82) is 0 Å². The van der Waals surface area contributed by atoms with Crippen LogP contribution in [0.3, 0.4) is 0 Å². The van der Waals surface area contributed by atoms with Gasteiger partial charge in [0.05, 0.1) is 10.6 Å². The van der Waals surface area contributed by atoms with Crippen LogP contribution in [0.4, 0.5) is 10.1 Å². The Labute approximate surface area is 154 Å². The van der Waals surface area contributed by atoms with Gasteiger partial charge < -0.3 is 15.1 Å². The van der Waals surface area contributed by atoms with E-state index in [0.29, 0.717) is 0 Å². The molecule has 0 aliphatic carbocycles. The van der Waals surface area contributed by atoms with Gasteiger partial charge in [0.25, 0.3) is 17.6 Å². The molecular formula is C18H18ClFN2O4. The van der Waals surface area contributed by atoms with E-state index >= 15 is 0 Å². The van der Waals surface area contributed by atoms with E-state index in [1.54, 1.807) is 20.8 Å². The smallest absolute Gasteiger partial charge is 0.296 e. The molecule has 1 aromatic heterocycles. The summed E-state index contributed by atoms with van der Waals surface area (Å²) in [4.78, 5) is 36.4. The molecule has 138 valence electrons. The number of carbonyl (C=O) groups is 3. The van der Waals surface area contributed by atoms with Gasteiger partial charge >= 0.3 is 0 Å². The van der Waals surface area contributed by atoms with E-state index in [1.165, 1.54) is 25.1 Å². The SMILES string of the molecule is Cc1oc(C(=O)C(=O)NC(C)(C)C)cc1C(=O)Nc1ccc(F)c(Cl)c1. The Kier molecular flexibility index (Phi) is 5.51. The Balaban J connectivity index is 2.18. The Morgan fingerprint density at radius 1 is 1.15 bits per heavy atom. The molecule has 0 aliphatic rings. The Hall–Kier alpha value is -2.67. The number of aryl methyl sites for hydroxylation is 1. The minimum atomic E-state index is -0.882. The summed E-state index contributed by atoms with van der Waals surface area (Å²) < 4.78 is 18.4. The van der Waals surface area contributed by atoms with Gasteiger partial charge in [-0.05, 0) is 45.9 Å². The number of ketones is 1. The van der Waals surface area contributed by atoms with Crippen LogP contribution in [0, 0.1) is 12.7 Å². The molecule has 0 radical (unpaired) electrons. The first-order valence-corrected chi connectivity index (χ1v) is 8.09. The van der Waals surface area contributed by atoms with Gasteiger partial charge in [-0.15, -0.1) is 0 Å². The molecule has 0 bridgehead atoms. The third-order valence-corrected chi connectivity index (χ3v) is 3.55. The van der Waals surface area contributed by atoms with Gasteiger partial charge in [-0.3, -0.25) is 14.4 Å². The second kappa shape index (κ2) is 7.29. The van der Waals surface area contributed by atoms with Crippen molar-refractivity contribution < 1.29 is 23.2 Å². The summed E-state index contributed by atoms with van der Waals surface area (Å²) >= 11 is 5.67. The van der Waals surface area contributed by atoms with Crippen LogP contribution in [-0.2, 0) is 4.79 Å². The summed E-state index contributed by atoms with van der Waals surface area (Å²) in [6.45, 7) is 6.69. The lowest BCUT2D eigenvalue weighted by Gasteiger charge is -2.19. The third-order valence-electron chi connectivity index (χ3n) is 3.26. The molecule has 0 aliphatic heterocycles. The molecule has 6 nitrogen and oxygen atoms in total. The number of Topliss-reactive ketones (excluding diaryl/α,β-unsaturated/α-hetero) is 1. The van der Waals surface area contributed by atoms with Crippen molar-refractivity contribution in [3.05, 3.63) is 52.2 Å². The number of amides is 2. The Bertz CT molecular complexity index is 884. The molecule has 2 rings (SSSR count). The van der Waals surface area contributed by atoms with Crippen molar-refractivity contribution in [2.45, 2.75) is 33.2 Å². The second-order valence-electron chi connectivity index (χ2n) is 6.70. The van der Waals surface area contributed by atoms with Crippen LogP contribution in [0.5, 0.6) is 0 Å². The average Bonchev–Trinajstić information content (AvgIpc) is 2.90. The fourth-order valence-corrected chi connectivity index (χ4v) is 2.28. The highest BCUT2D eigenvalue weighted by Crippen LogP contribution is 2.21. The maximum Gasteiger partial charge on any atom is 0.296 e. The van der Waals surface area contributed by atoms with Crippen molar-refractivity contribution in [2.75, 3.05) is 5.32 Å². The number of halogens is 2. The van der Waals surface area contributed by atoms with Gasteiger partial charge in [-0.25, -0.2) is 4.39 Å². The topological polar surface area (TPSA) is 88.4 Å². The van der Waals surface area contributed by atoms with Gasteiger partial charge in [-0.2, -0.15) is 0 Å². The van der Waals surface area contributed by atoms with E-state index in [0.717, 1.165) is 6.07 Å². The molecule has 2 N–H and O–H groups in total. The molecule has 8 heteroatoms. The van der Waals surface area contributed by atoms with Gasteiger partial charge in [-0.1, -0.05) is 11.6 Å². The average molecular weight is 381 g/mol. The minimum Gasteiger partial charge on any atom is -0.457 e. The van der Waals surface area contributed by atoms with Crippen molar-refractivity contribution in [3.63, 3.8) is 0 Å². The maximum atomic E-state index is 13.2. The molecule has 0 fully saturated rings. The van der Waals surface area contributed by atoms with Crippen LogP contribution in [0.25, 0.3) is 0 Å². The number of hydrogen-bond donors (Lipinski definition) is 2. The van der Waals surface area contributed by atoms with E-state index in [4.69, 9.17) is 16.0 Å². The van der Waals surface area contributed by atoms with Crippen LogP contribution >= 0.6 is 11.6 Å². The summed E-state index contributed by atoms with van der Waals surface area (Å²) in [5.74, 6) is -2.98. The number of benzene rings is 1. The van der Waals surface area contributed by atoms with Crippen LogP contribution in [0.2, 0.25) is 5.02 Å². The molecule has 0 atom stereocenters. The Morgan fingerprint density at radius 2 is 1.81 bits per heavy atom. The third kappa shape index (κ3) is 4.70. The van der Waals surface area contributed by atoms with Crippen molar-refractivity contribution in [2.24, 2.45) is 0 Å². The molecule has 0 spiro atoms. The molecule has 0 saturated heterocycles. The monoisotopic (exact) mass is 380 g/mol. The lowest BCUT2D eigenvalue weighted by molar-refractivity contribution is -0.118. The second-order valence-corrected chi connectivity index (χ2v) is 7.10. The van der Waals surface area contributed by atoms with Gasteiger partial charge in [0.15, 0.2) is 5.76 Å². The number of hydrogen-bond acceptors (Lipinski definition) is 4. The first kappa shape index (κ1) is 19.7. The molecule has 0 saturated carbocycles. The number of carbonyl (C=O) groups excluding carboxylic acids is 3. The normalized spacial score (nSPS) is 11.2. The minimum absolute atomic E-state index is 0.0809. The fourth-order valence-electron chi connectivity index (χ4n) is 2.10. The molecule has 26 heavy (non-hydrogen) atoms. The summed E-state index contributed by atoms with van der Waals surface area (Å²) in [5, 5.41) is 4.91. The first-order chi connectivity index (χ1) is 12.0. The van der Waals surface area contributed by atoms with Crippen LogP contribution < -0.4 is 10.6 Å². The molecule has 2 amide bonds. The standard InChI is InChI=1S/C18H18ClFN2O4/c1-9-11(16(24)21-10-5-6-13(20)12(19)7-10)8-14(26-9)15(23)17(25)22-18(2,3)4/h5-8H,1-4H3,(H,21,24)(H,22,25). The molecular weight excluding hydrogens is 363 g/mol. The molecule has 1 aromatic carbocycles. The zero-order valence-electron chi connectivity index (χ0n) is 14.7. The van der Waals surface area contributed by atoms with Gasteiger partial charge in [0, 0.05) is 17.3 Å². The van der Waals surface area contributed by atoms with Gasteiger partial charge in [0.2, 0.25) is 0 Å². The number of nitrogens with one attached hydrogen (secondary N) is 2. The number of anilines is 1. The van der Waals surface area contributed by atoms with Crippen molar-refractivity contribution in [1.82, 2.24) is 5.32 Å². The number of rotatable bonds is 4. The van der Waals surface area contributed by atoms with Crippen LogP contribution in [-0.4, -0.2) is 23.1 Å². The molecule has 1 heterocycles. The largest absolute Gasteiger partial charge is 0.457 e. The zero-order chi connectivity index (χ0) is 19.6. The summed E-state index contributed by atoms with van der Waals surface area (Å²) in [5.41, 5.74) is -0.228. The summed E-state index contributed by atoms with van der Waals surface area (Å²) in [7, 11) is 0. The highest BCUT2D eigenvalue weighted by atomic mass is 35.5. The summed E-state index contributed by atoms with van der Waals surface area (Å²) in [6.07, 6.45) is 0. The molecule has 0 unspecified atom stereocenters. The lowest BCUT2D eigenvalue weighted by atomic mass is 10.1. The highest BCUT2D eigenvalue weighted by Gasteiger charge is 2.26. The quantitative estimate of drug-likeness (QED) is 0.624. The Morgan fingerprint density at radius 3 is 2.38 bits per heavy atom. The van der Waals surface area contributed by atoms with Gasteiger partial charge in [0.1, 0.15) is 11.6 Å². The summed E-state index contributed by atoms with van der Waals surface area (Å²) in [6, 6.07) is 4.91. The lowest BCUT2D eigenvalue weighted by Crippen LogP contribution is -2.44. The van der Waals surface area contributed by atoms with Crippen LogP contribution in [0.1, 0.15) is 47.4 Å². The van der Waals surface area contributed by atoms with E-state index in [1.807, 2.05) is 0 Å². The number of furan rings is 1. The van der Waals surface area contributed by atoms with E-state index in [9.17, 15) is 18.8 Å². The predicted molar refractivity (Wildman–Crippen MR) is 95.0 cm³/mol. The van der Waals surface area contributed by atoms with E-state index in [2.05, 4.69) is 10.6 Å². The molecule has 2 aromatic rings. The zero-order valence-corrected chi connectivity index (χ0v) is 15.5. The van der Waals surface area contributed by atoms with E-state index in [-0.39, 0.29) is 27.8 Å². The fraction of sp³-hybridized carbons (Fsp3) is 0.278. The maximum absolute atomic E-state index is 13.2. The highest BCUT2D eigenvalue weighted by molar-refractivity contribution is 6.42. The van der Waals surface area contributed by atoms with E-state index < -0.39 is 29.0 Å². The first-order valence-electron chi connectivity index (χ1n) is 7.71. The van der Waals surface area contributed by atoms with Crippen molar-refractivity contribution >= 4 is 34.9 Å². The van der Waals surface area contributed by atoms with Crippen LogP contribution in [0.15, 0.2) is 28.7 Å². The predicted octanol–water partition coefficient (Wildman–Crippen LogP) is 3.73. The van der Waals surface area contributed by atoms with Crippen molar-refractivity contribution in [3.8, 4) is 0 Å².